The van der Waals surface area contributed by atoms with Crippen molar-refractivity contribution in [2.24, 2.45) is 5.73 Å². The lowest BCUT2D eigenvalue weighted by Crippen LogP contribution is -2.41. The molecule has 6 nitrogen and oxygen atoms in total. The van der Waals surface area contributed by atoms with Gasteiger partial charge in [-0.2, -0.15) is 0 Å². The average molecular weight is 344 g/mol. The molecule has 3 aromatic rings. The number of thiazole rings is 1. The molecule has 0 saturated heterocycles. The number of aliphatic hydroxyl groups is 1. The van der Waals surface area contributed by atoms with Crippen molar-refractivity contribution >= 4 is 27.5 Å². The number of nitrogens with zero attached hydrogens (tertiary/aromatic N) is 1. The van der Waals surface area contributed by atoms with Gasteiger partial charge in [0.25, 0.3) is 5.19 Å². The van der Waals surface area contributed by atoms with Crippen LogP contribution in [0.1, 0.15) is 5.56 Å². The number of carbonyl (C=O) groups is 1. The van der Waals surface area contributed by atoms with Crippen LogP contribution in [0.5, 0.6) is 10.9 Å². The van der Waals surface area contributed by atoms with Crippen LogP contribution in [0, 0.1) is 0 Å². The smallest absolute Gasteiger partial charge is 0.334 e. The van der Waals surface area contributed by atoms with Gasteiger partial charge in [-0.25, -0.2) is 9.78 Å². The third-order valence-electron chi connectivity index (χ3n) is 3.53. The number of para-hydroxylation sites is 1. The standard InChI is InChI=1S/C17H16N2O4S/c18-12(15(20)16(21)22)9-10-5-7-11(8-6-10)23-17-19-13-3-1-2-4-14(13)24-17/h1-8,12,15,20H,9,18H2,(H,21,22)/t12-,15?/m1/s1. The number of aliphatic carboxylic acids is 1. The van der Waals surface area contributed by atoms with E-state index in [9.17, 15) is 9.90 Å². The topological polar surface area (TPSA) is 106 Å². The Hall–Kier alpha value is -2.48. The minimum absolute atomic E-state index is 0.259. The number of nitrogens with two attached hydrogens (primary N) is 1. The van der Waals surface area contributed by atoms with Gasteiger partial charge < -0.3 is 20.7 Å². The first-order chi connectivity index (χ1) is 11.5. The number of hydrogen-bond acceptors (Lipinski definition) is 6. The fourth-order valence-corrected chi connectivity index (χ4v) is 3.09. The summed E-state index contributed by atoms with van der Waals surface area (Å²) in [5, 5.41) is 18.7. The maximum Gasteiger partial charge on any atom is 0.334 e. The first-order valence-corrected chi connectivity index (χ1v) is 8.13. The number of carboxylic acid groups (broad SMARTS) is 1. The molecule has 0 radical (unpaired) electrons. The highest BCUT2D eigenvalue weighted by molar-refractivity contribution is 7.20. The Morgan fingerprint density at radius 1 is 1.21 bits per heavy atom. The van der Waals surface area contributed by atoms with Gasteiger partial charge in [0.2, 0.25) is 0 Å². The van der Waals surface area contributed by atoms with Crippen molar-refractivity contribution < 1.29 is 19.7 Å². The second-order valence-electron chi connectivity index (χ2n) is 5.34. The minimum Gasteiger partial charge on any atom is -0.479 e. The van der Waals surface area contributed by atoms with Crippen LogP contribution in [0.2, 0.25) is 0 Å². The summed E-state index contributed by atoms with van der Waals surface area (Å²) in [5.74, 6) is -0.691. The van der Waals surface area contributed by atoms with Gasteiger partial charge >= 0.3 is 5.97 Å². The van der Waals surface area contributed by atoms with Gasteiger partial charge in [-0.1, -0.05) is 35.6 Å². The second kappa shape index (κ2) is 6.96. The highest BCUT2D eigenvalue weighted by atomic mass is 32.1. The third-order valence-corrected chi connectivity index (χ3v) is 4.45. The number of benzene rings is 2. The highest BCUT2D eigenvalue weighted by Gasteiger charge is 2.22. The molecule has 0 fully saturated rings. The molecule has 4 N–H and O–H groups in total. The van der Waals surface area contributed by atoms with Gasteiger partial charge in [0.05, 0.1) is 10.2 Å². The van der Waals surface area contributed by atoms with E-state index in [4.69, 9.17) is 15.6 Å². The molecule has 2 atom stereocenters. The van der Waals surface area contributed by atoms with E-state index in [1.807, 2.05) is 24.3 Å². The van der Waals surface area contributed by atoms with Gasteiger partial charge in [0, 0.05) is 6.04 Å². The first kappa shape index (κ1) is 16.4. The maximum atomic E-state index is 10.7. The number of carboxylic acids is 1. The number of aliphatic hydroxyl groups excluding tert-OH is 1. The lowest BCUT2D eigenvalue weighted by atomic mass is 10.0. The Kier molecular flexibility index (Phi) is 4.75. The molecule has 0 aliphatic carbocycles. The Labute approximate surface area is 142 Å². The van der Waals surface area contributed by atoms with Crippen molar-refractivity contribution in [3.05, 3.63) is 54.1 Å². The molecular weight excluding hydrogens is 328 g/mol. The zero-order valence-electron chi connectivity index (χ0n) is 12.6. The molecule has 1 aromatic heterocycles. The molecule has 2 aromatic carbocycles. The molecule has 124 valence electrons. The van der Waals surface area contributed by atoms with Gasteiger partial charge in [-0.15, -0.1) is 0 Å². The van der Waals surface area contributed by atoms with Crippen LogP contribution in [-0.4, -0.2) is 33.3 Å². The molecule has 0 aliphatic heterocycles. The largest absolute Gasteiger partial charge is 0.479 e. The van der Waals surface area contributed by atoms with Crippen molar-refractivity contribution in [2.45, 2.75) is 18.6 Å². The summed E-state index contributed by atoms with van der Waals surface area (Å²) in [4.78, 5) is 15.1. The SMILES string of the molecule is N[C@H](Cc1ccc(Oc2nc3ccccc3s2)cc1)C(O)C(=O)O. The monoisotopic (exact) mass is 344 g/mol. The number of ether oxygens (including phenoxy) is 1. The van der Waals surface area contributed by atoms with E-state index in [1.165, 1.54) is 11.3 Å². The molecule has 24 heavy (non-hydrogen) atoms. The van der Waals surface area contributed by atoms with Crippen LogP contribution >= 0.6 is 11.3 Å². The van der Waals surface area contributed by atoms with Gasteiger partial charge in [0.1, 0.15) is 5.75 Å². The summed E-state index contributed by atoms with van der Waals surface area (Å²) in [7, 11) is 0. The molecule has 1 unspecified atom stereocenters. The van der Waals surface area contributed by atoms with E-state index >= 15 is 0 Å². The molecule has 0 aliphatic rings. The second-order valence-corrected chi connectivity index (χ2v) is 6.34. The Bertz CT molecular complexity index is 814. The summed E-state index contributed by atoms with van der Waals surface area (Å²) in [5.41, 5.74) is 7.39. The van der Waals surface area contributed by atoms with Gasteiger partial charge in [-0.05, 0) is 36.2 Å². The van der Waals surface area contributed by atoms with E-state index < -0.39 is 18.1 Å². The summed E-state index contributed by atoms with van der Waals surface area (Å²) in [6, 6.07) is 14.0. The summed E-state index contributed by atoms with van der Waals surface area (Å²) in [6.07, 6.45) is -1.32. The molecule has 0 spiro atoms. The molecule has 3 rings (SSSR count). The average Bonchev–Trinajstić information content (AvgIpc) is 2.98. The summed E-state index contributed by atoms with van der Waals surface area (Å²) < 4.78 is 6.80. The first-order valence-electron chi connectivity index (χ1n) is 7.32. The van der Waals surface area contributed by atoms with Crippen LogP contribution in [-0.2, 0) is 11.2 Å². The molecule has 7 heteroatoms. The van der Waals surface area contributed by atoms with Crippen molar-refractivity contribution in [1.29, 1.82) is 0 Å². The van der Waals surface area contributed by atoms with Crippen molar-refractivity contribution in [2.75, 3.05) is 0 Å². The third kappa shape index (κ3) is 3.70. The zero-order chi connectivity index (χ0) is 17.1. The fraction of sp³-hybridized carbons (Fsp3) is 0.176. The summed E-state index contributed by atoms with van der Waals surface area (Å²) >= 11 is 1.46. The lowest BCUT2D eigenvalue weighted by molar-refractivity contribution is -0.147. The van der Waals surface area contributed by atoms with Crippen molar-refractivity contribution in [3.63, 3.8) is 0 Å². The fourth-order valence-electron chi connectivity index (χ4n) is 2.26. The normalized spacial score (nSPS) is 13.6. The molecule has 1 heterocycles. The van der Waals surface area contributed by atoms with E-state index in [-0.39, 0.29) is 6.42 Å². The van der Waals surface area contributed by atoms with E-state index in [0.717, 1.165) is 15.8 Å². The van der Waals surface area contributed by atoms with E-state index in [2.05, 4.69) is 4.98 Å². The van der Waals surface area contributed by atoms with E-state index in [1.54, 1.807) is 24.3 Å². The van der Waals surface area contributed by atoms with Gasteiger partial charge in [-0.3, -0.25) is 0 Å². The van der Waals surface area contributed by atoms with Crippen LogP contribution in [0.25, 0.3) is 10.2 Å². The minimum atomic E-state index is -1.58. The predicted molar refractivity (Wildman–Crippen MR) is 91.5 cm³/mol. The van der Waals surface area contributed by atoms with Crippen LogP contribution in [0.4, 0.5) is 0 Å². The molecule has 0 saturated carbocycles. The van der Waals surface area contributed by atoms with Gasteiger partial charge in [0.15, 0.2) is 6.10 Å². The van der Waals surface area contributed by atoms with Crippen LogP contribution < -0.4 is 10.5 Å². The van der Waals surface area contributed by atoms with Crippen molar-refractivity contribution in [3.8, 4) is 10.9 Å². The van der Waals surface area contributed by atoms with E-state index in [0.29, 0.717) is 10.9 Å². The molecular formula is C17H16N2O4S. The quantitative estimate of drug-likeness (QED) is 0.634. The Morgan fingerprint density at radius 2 is 1.92 bits per heavy atom. The van der Waals surface area contributed by atoms with Crippen LogP contribution in [0.3, 0.4) is 0 Å². The van der Waals surface area contributed by atoms with Crippen molar-refractivity contribution in [1.82, 2.24) is 4.98 Å². The summed E-state index contributed by atoms with van der Waals surface area (Å²) in [6.45, 7) is 0. The number of fused-ring (bicyclic) bond motifs is 1. The molecule has 0 bridgehead atoms. The number of rotatable bonds is 6. The Balaban J connectivity index is 1.67. The number of aromatic nitrogens is 1. The maximum absolute atomic E-state index is 10.7. The zero-order valence-corrected chi connectivity index (χ0v) is 13.4. The Morgan fingerprint density at radius 3 is 2.58 bits per heavy atom. The number of hydrogen-bond donors (Lipinski definition) is 3. The lowest BCUT2D eigenvalue weighted by Gasteiger charge is -2.15. The molecule has 0 amide bonds. The highest BCUT2D eigenvalue weighted by Crippen LogP contribution is 2.31. The van der Waals surface area contributed by atoms with Crippen LogP contribution in [0.15, 0.2) is 48.5 Å². The predicted octanol–water partition coefficient (Wildman–Crippen LogP) is 2.40.